The number of halogens is 1. The maximum atomic E-state index is 10.9. The smallest absolute Gasteiger partial charge is 0.0882 e. The average Bonchev–Trinajstić information content (AvgIpc) is 2.98. The van der Waals surface area contributed by atoms with Crippen molar-refractivity contribution in [3.05, 3.63) is 12.2 Å². The fourth-order valence-electron chi connectivity index (χ4n) is 8.13. The van der Waals surface area contributed by atoms with Crippen molar-refractivity contribution in [3.8, 4) is 0 Å². The van der Waals surface area contributed by atoms with E-state index in [1.54, 1.807) is 7.11 Å². The summed E-state index contributed by atoms with van der Waals surface area (Å²) in [5.74, 6) is 5.05. The van der Waals surface area contributed by atoms with E-state index in [9.17, 15) is 5.11 Å². The SMILES string of the molecule is C=C(CBr)[C@H]1CC[C@H]2[C@@H]3CC[C@@H]4C[C@](O)(COC)CC[C@@H]4[C@H]3CC[C@]12C. The Morgan fingerprint density at radius 3 is 2.58 bits per heavy atom. The molecule has 4 rings (SSSR count). The van der Waals surface area contributed by atoms with Crippen molar-refractivity contribution in [2.24, 2.45) is 40.9 Å². The van der Waals surface area contributed by atoms with Crippen molar-refractivity contribution >= 4 is 15.9 Å². The second kappa shape index (κ2) is 7.19. The van der Waals surface area contributed by atoms with Crippen LogP contribution >= 0.6 is 15.9 Å². The van der Waals surface area contributed by atoms with Crippen LogP contribution in [0, 0.1) is 40.9 Å². The molecular formula is C23H37BrO2. The van der Waals surface area contributed by atoms with Gasteiger partial charge in [0.15, 0.2) is 0 Å². The van der Waals surface area contributed by atoms with Crippen molar-refractivity contribution < 1.29 is 9.84 Å². The number of rotatable bonds is 4. The maximum Gasteiger partial charge on any atom is 0.0882 e. The lowest BCUT2D eigenvalue weighted by atomic mass is 9.49. The average molecular weight is 425 g/mol. The number of allylic oxidation sites excluding steroid dienone is 1. The zero-order valence-corrected chi connectivity index (χ0v) is 18.3. The fourth-order valence-corrected chi connectivity index (χ4v) is 8.52. The van der Waals surface area contributed by atoms with Gasteiger partial charge >= 0.3 is 0 Å². The largest absolute Gasteiger partial charge is 0.387 e. The highest BCUT2D eigenvalue weighted by Gasteiger charge is 2.57. The molecule has 0 aromatic carbocycles. The Kier molecular flexibility index (Phi) is 5.38. The van der Waals surface area contributed by atoms with Gasteiger partial charge in [-0.15, -0.1) is 0 Å². The van der Waals surface area contributed by atoms with Gasteiger partial charge in [-0.2, -0.15) is 0 Å². The fraction of sp³-hybridized carbons (Fsp3) is 0.913. The second-order valence-electron chi connectivity index (χ2n) is 10.3. The minimum atomic E-state index is -0.558. The standard InChI is InChI=1S/C23H37BrO2/c1-15(13-24)20-6-7-21-19-5-4-16-12-23(25,14-26-3)11-9-17(16)18(19)8-10-22(20,21)2/h16-21,25H,1,4-14H2,2-3H3/t16-,17+,18-,19-,20-,21+,22-,23+/m1/s1. The molecule has 0 aliphatic heterocycles. The lowest BCUT2D eigenvalue weighted by Gasteiger charge is -2.57. The molecule has 0 radical (unpaired) electrons. The first kappa shape index (κ1) is 19.5. The molecule has 8 atom stereocenters. The molecule has 0 saturated heterocycles. The quantitative estimate of drug-likeness (QED) is 0.470. The van der Waals surface area contributed by atoms with Crippen LogP contribution in [-0.2, 0) is 4.74 Å². The molecule has 0 amide bonds. The van der Waals surface area contributed by atoms with E-state index < -0.39 is 5.60 Å². The number of ether oxygens (including phenoxy) is 1. The molecule has 4 aliphatic rings. The van der Waals surface area contributed by atoms with Gasteiger partial charge in [-0.3, -0.25) is 0 Å². The molecule has 0 heterocycles. The molecule has 0 spiro atoms. The first-order valence-electron chi connectivity index (χ1n) is 10.9. The first-order valence-corrected chi connectivity index (χ1v) is 12.0. The van der Waals surface area contributed by atoms with Gasteiger partial charge in [-0.05, 0) is 98.7 Å². The Morgan fingerprint density at radius 2 is 1.85 bits per heavy atom. The van der Waals surface area contributed by atoms with Crippen LogP contribution in [0.15, 0.2) is 12.2 Å². The van der Waals surface area contributed by atoms with Gasteiger partial charge in [0.2, 0.25) is 0 Å². The summed E-state index contributed by atoms with van der Waals surface area (Å²) < 4.78 is 5.32. The van der Waals surface area contributed by atoms with E-state index in [-0.39, 0.29) is 0 Å². The Labute approximate surface area is 168 Å². The lowest BCUT2D eigenvalue weighted by molar-refractivity contribution is -0.123. The van der Waals surface area contributed by atoms with Gasteiger partial charge in [-0.25, -0.2) is 0 Å². The third-order valence-corrected chi connectivity index (χ3v) is 9.90. The minimum Gasteiger partial charge on any atom is -0.387 e. The molecule has 0 unspecified atom stereocenters. The summed E-state index contributed by atoms with van der Waals surface area (Å²) in [6.45, 7) is 7.51. The predicted molar refractivity (Wildman–Crippen MR) is 110 cm³/mol. The van der Waals surface area contributed by atoms with Crippen molar-refractivity contribution in [3.63, 3.8) is 0 Å². The van der Waals surface area contributed by atoms with Crippen LogP contribution in [0.25, 0.3) is 0 Å². The van der Waals surface area contributed by atoms with E-state index in [0.29, 0.717) is 12.0 Å². The third kappa shape index (κ3) is 3.05. The van der Waals surface area contributed by atoms with Crippen LogP contribution in [0.1, 0.15) is 64.7 Å². The monoisotopic (exact) mass is 424 g/mol. The van der Waals surface area contributed by atoms with E-state index >= 15 is 0 Å². The highest BCUT2D eigenvalue weighted by Crippen LogP contribution is 2.65. The Morgan fingerprint density at radius 1 is 1.08 bits per heavy atom. The maximum absolute atomic E-state index is 10.9. The number of alkyl halides is 1. The highest BCUT2D eigenvalue weighted by molar-refractivity contribution is 9.09. The molecule has 2 nitrogen and oxygen atoms in total. The predicted octanol–water partition coefficient (Wildman–Crippen LogP) is 5.58. The van der Waals surface area contributed by atoms with Crippen LogP contribution in [0.5, 0.6) is 0 Å². The van der Waals surface area contributed by atoms with Crippen molar-refractivity contribution in [1.29, 1.82) is 0 Å². The van der Waals surface area contributed by atoms with Crippen LogP contribution in [-0.4, -0.2) is 29.8 Å². The Hall–Kier alpha value is 0.140. The zero-order chi connectivity index (χ0) is 18.5. The summed E-state index contributed by atoms with van der Waals surface area (Å²) in [6, 6.07) is 0. The van der Waals surface area contributed by atoms with Crippen LogP contribution in [0.4, 0.5) is 0 Å². The minimum absolute atomic E-state index is 0.490. The van der Waals surface area contributed by atoms with E-state index in [0.717, 1.165) is 53.7 Å². The highest BCUT2D eigenvalue weighted by atomic mass is 79.9. The molecule has 148 valence electrons. The number of aliphatic hydroxyl groups is 1. The van der Waals surface area contributed by atoms with Gasteiger partial charge in [0, 0.05) is 12.4 Å². The molecule has 3 heteroatoms. The number of methoxy groups -OCH3 is 1. The second-order valence-corrected chi connectivity index (χ2v) is 10.9. The Balaban J connectivity index is 1.50. The van der Waals surface area contributed by atoms with Gasteiger partial charge in [0.05, 0.1) is 12.2 Å². The van der Waals surface area contributed by atoms with Gasteiger partial charge in [0.1, 0.15) is 0 Å². The van der Waals surface area contributed by atoms with Crippen molar-refractivity contribution in [1.82, 2.24) is 0 Å². The molecular weight excluding hydrogens is 388 g/mol. The van der Waals surface area contributed by atoms with Gasteiger partial charge in [0.25, 0.3) is 0 Å². The Bertz CT molecular complexity index is 548. The molecule has 1 N–H and O–H groups in total. The zero-order valence-electron chi connectivity index (χ0n) is 16.7. The summed E-state index contributed by atoms with van der Waals surface area (Å²) in [7, 11) is 1.72. The molecule has 26 heavy (non-hydrogen) atoms. The van der Waals surface area contributed by atoms with Gasteiger partial charge in [-0.1, -0.05) is 35.0 Å². The summed E-state index contributed by atoms with van der Waals surface area (Å²) in [5.41, 5.74) is 1.37. The topological polar surface area (TPSA) is 29.5 Å². The van der Waals surface area contributed by atoms with E-state index in [1.807, 2.05) is 0 Å². The summed E-state index contributed by atoms with van der Waals surface area (Å²) in [5, 5.41) is 11.9. The summed E-state index contributed by atoms with van der Waals surface area (Å²) >= 11 is 3.67. The molecule has 4 saturated carbocycles. The third-order valence-electron chi connectivity index (χ3n) is 9.18. The number of hydrogen-bond acceptors (Lipinski definition) is 2. The normalized spacial score (nSPS) is 50.6. The van der Waals surface area contributed by atoms with E-state index in [1.165, 1.54) is 50.5 Å². The molecule has 4 fully saturated rings. The van der Waals surface area contributed by atoms with Gasteiger partial charge < -0.3 is 9.84 Å². The van der Waals surface area contributed by atoms with E-state index in [2.05, 4.69) is 29.4 Å². The lowest BCUT2D eigenvalue weighted by Crippen LogP contribution is -2.52. The summed E-state index contributed by atoms with van der Waals surface area (Å²) in [4.78, 5) is 0. The van der Waals surface area contributed by atoms with Crippen LogP contribution in [0.2, 0.25) is 0 Å². The molecule has 0 aromatic heterocycles. The van der Waals surface area contributed by atoms with Crippen LogP contribution < -0.4 is 0 Å². The number of fused-ring (bicyclic) bond motifs is 5. The van der Waals surface area contributed by atoms with Crippen molar-refractivity contribution in [2.75, 3.05) is 19.0 Å². The van der Waals surface area contributed by atoms with E-state index in [4.69, 9.17) is 4.74 Å². The number of hydrogen-bond donors (Lipinski definition) is 1. The molecule has 0 aromatic rings. The molecule has 4 aliphatic carbocycles. The molecule has 0 bridgehead atoms. The van der Waals surface area contributed by atoms with Crippen molar-refractivity contribution in [2.45, 2.75) is 70.3 Å². The van der Waals surface area contributed by atoms with Crippen LogP contribution in [0.3, 0.4) is 0 Å². The first-order chi connectivity index (χ1) is 12.4. The summed E-state index contributed by atoms with van der Waals surface area (Å²) in [6.07, 6.45) is 11.4.